The zero-order valence-electron chi connectivity index (χ0n) is 13.2. The number of rotatable bonds is 6. The summed E-state index contributed by atoms with van der Waals surface area (Å²) in [5.74, 6) is -0.0900. The zero-order chi connectivity index (χ0) is 16.8. The maximum absolute atomic E-state index is 12.9. The molecule has 0 saturated carbocycles. The summed E-state index contributed by atoms with van der Waals surface area (Å²) < 4.78 is 0. The lowest BCUT2D eigenvalue weighted by molar-refractivity contribution is 0.0732. The maximum atomic E-state index is 12.9. The van der Waals surface area contributed by atoms with Crippen LogP contribution >= 0.6 is 0 Å². The first-order chi connectivity index (χ1) is 11.8. The number of hydrogen-bond donors (Lipinski definition) is 1. The minimum Gasteiger partial charge on any atom is -0.396 e. The molecule has 3 rings (SSSR count). The summed E-state index contributed by atoms with van der Waals surface area (Å²) in [6.07, 6.45) is 7.17. The lowest BCUT2D eigenvalue weighted by atomic mass is 10.1. The van der Waals surface area contributed by atoms with Gasteiger partial charge in [-0.15, -0.1) is 0 Å². The van der Waals surface area contributed by atoms with Gasteiger partial charge in [-0.1, -0.05) is 0 Å². The van der Waals surface area contributed by atoms with Crippen molar-refractivity contribution in [2.24, 2.45) is 0 Å². The van der Waals surface area contributed by atoms with Gasteiger partial charge in [0, 0.05) is 50.0 Å². The van der Waals surface area contributed by atoms with Crippen LogP contribution in [0.3, 0.4) is 0 Å². The number of benzene rings is 1. The Hall–Kier alpha value is -2.86. The predicted molar refractivity (Wildman–Crippen MR) is 90.2 cm³/mol. The molecule has 0 aliphatic rings. The molecule has 1 amide bonds. The molecule has 24 heavy (non-hydrogen) atoms. The second-order valence-corrected chi connectivity index (χ2v) is 5.42. The first-order valence-electron chi connectivity index (χ1n) is 7.78. The molecule has 0 fully saturated rings. The van der Waals surface area contributed by atoms with Gasteiger partial charge in [0.15, 0.2) is 0 Å². The summed E-state index contributed by atoms with van der Waals surface area (Å²) in [5, 5.41) is 9.11. The van der Waals surface area contributed by atoms with Crippen LogP contribution in [0.1, 0.15) is 22.3 Å². The van der Waals surface area contributed by atoms with E-state index in [-0.39, 0.29) is 12.5 Å². The number of hydrogen-bond acceptors (Lipinski definition) is 5. The summed E-state index contributed by atoms with van der Waals surface area (Å²) >= 11 is 0. The summed E-state index contributed by atoms with van der Waals surface area (Å²) in [6, 6.07) is 9.07. The van der Waals surface area contributed by atoms with Crippen molar-refractivity contribution in [3.05, 3.63) is 66.2 Å². The summed E-state index contributed by atoms with van der Waals surface area (Å²) in [6.45, 7) is 0.999. The molecule has 0 atom stereocenters. The van der Waals surface area contributed by atoms with E-state index in [2.05, 4.69) is 15.0 Å². The number of amides is 1. The molecular weight excluding hydrogens is 304 g/mol. The third kappa shape index (κ3) is 3.72. The van der Waals surface area contributed by atoms with Crippen molar-refractivity contribution in [3.63, 3.8) is 0 Å². The van der Waals surface area contributed by atoms with Crippen LogP contribution in [0.25, 0.3) is 11.0 Å². The van der Waals surface area contributed by atoms with Crippen molar-refractivity contribution >= 4 is 16.9 Å². The van der Waals surface area contributed by atoms with E-state index in [9.17, 15) is 4.79 Å². The summed E-state index contributed by atoms with van der Waals surface area (Å²) in [4.78, 5) is 27.1. The highest BCUT2D eigenvalue weighted by Gasteiger charge is 2.16. The fourth-order valence-corrected chi connectivity index (χ4v) is 2.50. The summed E-state index contributed by atoms with van der Waals surface area (Å²) in [5.41, 5.74) is 3.01. The maximum Gasteiger partial charge on any atom is 0.254 e. The molecule has 0 aliphatic carbocycles. The number of fused-ring (bicyclic) bond motifs is 1. The van der Waals surface area contributed by atoms with Gasteiger partial charge in [-0.3, -0.25) is 19.7 Å². The average Bonchev–Trinajstić information content (AvgIpc) is 2.65. The van der Waals surface area contributed by atoms with E-state index < -0.39 is 0 Å². The Balaban J connectivity index is 1.85. The number of pyridine rings is 1. The predicted octanol–water partition coefficient (Wildman–Crippen LogP) is 2.05. The molecule has 0 aliphatic heterocycles. The zero-order valence-corrected chi connectivity index (χ0v) is 13.2. The van der Waals surface area contributed by atoms with Gasteiger partial charge in [0.05, 0.1) is 11.0 Å². The van der Waals surface area contributed by atoms with E-state index in [1.165, 1.54) is 0 Å². The number of nitrogens with zero attached hydrogens (tertiary/aromatic N) is 4. The fourth-order valence-electron chi connectivity index (χ4n) is 2.50. The molecular formula is C18H18N4O2. The van der Waals surface area contributed by atoms with Gasteiger partial charge in [0.2, 0.25) is 0 Å². The SMILES string of the molecule is O=C(c1ccc2nccnc2c1)N(CCCO)Cc1ccncc1. The molecule has 1 N–H and O–H groups in total. The quantitative estimate of drug-likeness (QED) is 0.751. The number of carbonyl (C=O) groups is 1. The van der Waals surface area contributed by atoms with Crippen LogP contribution in [0, 0.1) is 0 Å². The van der Waals surface area contributed by atoms with Crippen LogP contribution in [0.2, 0.25) is 0 Å². The monoisotopic (exact) mass is 322 g/mol. The molecule has 0 spiro atoms. The second kappa shape index (κ2) is 7.61. The Morgan fingerprint density at radius 1 is 1.00 bits per heavy atom. The minimum atomic E-state index is -0.0900. The molecule has 0 radical (unpaired) electrons. The van der Waals surface area contributed by atoms with Gasteiger partial charge >= 0.3 is 0 Å². The van der Waals surface area contributed by atoms with Gasteiger partial charge < -0.3 is 10.0 Å². The largest absolute Gasteiger partial charge is 0.396 e. The van der Waals surface area contributed by atoms with Crippen LogP contribution in [-0.2, 0) is 6.54 Å². The van der Waals surface area contributed by atoms with Crippen molar-refractivity contribution in [1.82, 2.24) is 19.9 Å². The van der Waals surface area contributed by atoms with Crippen molar-refractivity contribution in [1.29, 1.82) is 0 Å². The first-order valence-corrected chi connectivity index (χ1v) is 7.78. The molecule has 2 heterocycles. The highest BCUT2D eigenvalue weighted by Crippen LogP contribution is 2.15. The van der Waals surface area contributed by atoms with E-state index in [0.29, 0.717) is 30.6 Å². The van der Waals surface area contributed by atoms with E-state index in [1.807, 2.05) is 12.1 Å². The number of carbonyl (C=O) groups excluding carboxylic acids is 1. The Morgan fingerprint density at radius 3 is 2.50 bits per heavy atom. The molecule has 2 aromatic heterocycles. The first kappa shape index (κ1) is 16.0. The van der Waals surface area contributed by atoms with Crippen molar-refractivity contribution < 1.29 is 9.90 Å². The third-order valence-electron chi connectivity index (χ3n) is 3.71. The van der Waals surface area contributed by atoms with Gasteiger partial charge in [-0.05, 0) is 42.3 Å². The number of aliphatic hydroxyl groups excluding tert-OH is 1. The summed E-state index contributed by atoms with van der Waals surface area (Å²) in [7, 11) is 0. The second-order valence-electron chi connectivity index (χ2n) is 5.42. The molecule has 3 aromatic rings. The van der Waals surface area contributed by atoms with E-state index in [4.69, 9.17) is 5.11 Å². The van der Waals surface area contributed by atoms with Gasteiger partial charge in [0.25, 0.3) is 5.91 Å². The highest BCUT2D eigenvalue weighted by atomic mass is 16.3. The van der Waals surface area contributed by atoms with Gasteiger partial charge in [-0.2, -0.15) is 0 Å². The van der Waals surface area contributed by atoms with E-state index in [0.717, 1.165) is 11.1 Å². The van der Waals surface area contributed by atoms with Crippen LogP contribution in [0.4, 0.5) is 0 Å². The smallest absolute Gasteiger partial charge is 0.254 e. The fraction of sp³-hybridized carbons (Fsp3) is 0.222. The normalized spacial score (nSPS) is 10.7. The molecule has 6 heteroatoms. The van der Waals surface area contributed by atoms with Crippen LogP contribution in [0.5, 0.6) is 0 Å². The standard InChI is InChI=1S/C18H18N4O2/c23-11-1-10-22(13-14-4-6-19-7-5-14)18(24)15-2-3-16-17(12-15)21-9-8-20-16/h2-9,12,23H,1,10-11,13H2. The highest BCUT2D eigenvalue weighted by molar-refractivity contribution is 5.97. The molecule has 0 unspecified atom stereocenters. The van der Waals surface area contributed by atoms with Crippen LogP contribution in [0.15, 0.2) is 55.1 Å². The molecule has 6 nitrogen and oxygen atoms in total. The van der Waals surface area contributed by atoms with Crippen molar-refractivity contribution in [2.45, 2.75) is 13.0 Å². The molecule has 122 valence electrons. The van der Waals surface area contributed by atoms with Crippen molar-refractivity contribution in [2.75, 3.05) is 13.2 Å². The number of aromatic nitrogens is 3. The van der Waals surface area contributed by atoms with Gasteiger partial charge in [0.1, 0.15) is 0 Å². The van der Waals surface area contributed by atoms with Crippen LogP contribution < -0.4 is 0 Å². The average molecular weight is 322 g/mol. The molecule has 0 bridgehead atoms. The third-order valence-corrected chi connectivity index (χ3v) is 3.71. The van der Waals surface area contributed by atoms with E-state index in [1.54, 1.807) is 47.9 Å². The number of aliphatic hydroxyl groups is 1. The van der Waals surface area contributed by atoms with Crippen molar-refractivity contribution in [3.8, 4) is 0 Å². The lowest BCUT2D eigenvalue weighted by Gasteiger charge is -2.22. The van der Waals surface area contributed by atoms with E-state index >= 15 is 0 Å². The van der Waals surface area contributed by atoms with Gasteiger partial charge in [-0.25, -0.2) is 0 Å². The van der Waals surface area contributed by atoms with Crippen LogP contribution in [-0.4, -0.2) is 44.0 Å². The Kier molecular flexibility index (Phi) is 5.08. The Morgan fingerprint density at radius 2 is 1.75 bits per heavy atom. The Bertz CT molecular complexity index is 823. The molecule has 1 aromatic carbocycles. The Labute approximate surface area is 139 Å². The minimum absolute atomic E-state index is 0.0450. The molecule has 0 saturated heterocycles. The lowest BCUT2D eigenvalue weighted by Crippen LogP contribution is -2.32. The topological polar surface area (TPSA) is 79.2 Å².